The Balaban J connectivity index is 1.93. The van der Waals surface area contributed by atoms with E-state index in [4.69, 9.17) is 25.8 Å². The third-order valence-corrected chi connectivity index (χ3v) is 5.23. The molecular formula is C25H20ClN3O6. The second-order valence-corrected chi connectivity index (χ2v) is 7.43. The van der Waals surface area contributed by atoms with Crippen molar-refractivity contribution in [2.75, 3.05) is 19.5 Å². The predicted molar refractivity (Wildman–Crippen MR) is 131 cm³/mol. The van der Waals surface area contributed by atoms with E-state index in [1.54, 1.807) is 30.3 Å². The molecule has 3 aromatic carbocycles. The number of nitrogens with one attached hydrogen (secondary N) is 1. The number of hydrogen-bond donors (Lipinski definition) is 1. The Bertz CT molecular complexity index is 1330. The standard InChI is InChI=1S/C25H20ClN3O6/c1-33-22-11-10-19(29(31)32)13-21(22)28-25(30)18(14-27)12-16-7-5-9-23(34-2)24(16)35-15-17-6-3-4-8-20(17)26/h3-13H,15H2,1-2H3,(H,28,30)/b18-12+. The Hall–Kier alpha value is -4.55. The number of methoxy groups -OCH3 is 2. The number of para-hydroxylation sites is 1. The number of nitriles is 1. The highest BCUT2D eigenvalue weighted by atomic mass is 35.5. The van der Waals surface area contributed by atoms with Crippen molar-refractivity contribution < 1.29 is 23.9 Å². The number of carbonyl (C=O) groups excluding carboxylic acids is 1. The molecule has 3 aromatic rings. The number of non-ortho nitro benzene ring substituents is 1. The Morgan fingerprint density at radius 2 is 1.86 bits per heavy atom. The van der Waals surface area contributed by atoms with Crippen molar-refractivity contribution in [3.63, 3.8) is 0 Å². The molecule has 0 bridgehead atoms. The number of nitro benzene ring substituents is 1. The van der Waals surface area contributed by atoms with E-state index in [9.17, 15) is 20.2 Å². The van der Waals surface area contributed by atoms with Crippen LogP contribution in [-0.4, -0.2) is 25.1 Å². The highest BCUT2D eigenvalue weighted by molar-refractivity contribution is 6.31. The molecule has 0 aromatic heterocycles. The largest absolute Gasteiger partial charge is 0.495 e. The Morgan fingerprint density at radius 3 is 2.51 bits per heavy atom. The van der Waals surface area contributed by atoms with Crippen LogP contribution in [0.25, 0.3) is 6.08 Å². The summed E-state index contributed by atoms with van der Waals surface area (Å²) in [6, 6.07) is 17.8. The van der Waals surface area contributed by atoms with Crippen molar-refractivity contribution in [1.29, 1.82) is 5.26 Å². The first-order valence-corrected chi connectivity index (χ1v) is 10.5. The molecule has 0 heterocycles. The third kappa shape index (κ3) is 6.07. The van der Waals surface area contributed by atoms with Crippen molar-refractivity contribution in [3.8, 4) is 23.3 Å². The number of amides is 1. The average Bonchev–Trinajstić information content (AvgIpc) is 2.86. The zero-order valence-corrected chi connectivity index (χ0v) is 19.5. The molecule has 1 N–H and O–H groups in total. The van der Waals surface area contributed by atoms with Gasteiger partial charge in [0.2, 0.25) is 0 Å². The number of carbonyl (C=O) groups is 1. The van der Waals surface area contributed by atoms with Gasteiger partial charge in [-0.2, -0.15) is 5.26 Å². The quantitative estimate of drug-likeness (QED) is 0.183. The maximum Gasteiger partial charge on any atom is 0.271 e. The molecular weight excluding hydrogens is 474 g/mol. The van der Waals surface area contributed by atoms with Crippen LogP contribution in [0.5, 0.6) is 17.2 Å². The van der Waals surface area contributed by atoms with E-state index in [1.165, 1.54) is 32.4 Å². The SMILES string of the molecule is COc1ccc([N+](=O)[O-])cc1NC(=O)/C(C#N)=C/c1cccc(OC)c1OCc1ccccc1Cl. The molecule has 0 aliphatic heterocycles. The molecule has 9 nitrogen and oxygen atoms in total. The Labute approximate surface area is 206 Å². The number of benzene rings is 3. The Kier molecular flexibility index (Phi) is 8.27. The van der Waals surface area contributed by atoms with Gasteiger partial charge in [-0.1, -0.05) is 41.9 Å². The van der Waals surface area contributed by atoms with Crippen LogP contribution in [0.2, 0.25) is 5.02 Å². The fourth-order valence-corrected chi connectivity index (χ4v) is 3.32. The third-order valence-electron chi connectivity index (χ3n) is 4.87. The van der Waals surface area contributed by atoms with Gasteiger partial charge in [-0.05, 0) is 24.3 Å². The number of ether oxygens (including phenoxy) is 3. The number of anilines is 1. The molecule has 0 atom stereocenters. The van der Waals surface area contributed by atoms with Crippen LogP contribution < -0.4 is 19.5 Å². The smallest absolute Gasteiger partial charge is 0.271 e. The van der Waals surface area contributed by atoms with E-state index in [0.717, 1.165) is 11.6 Å². The molecule has 178 valence electrons. The van der Waals surface area contributed by atoms with E-state index in [2.05, 4.69) is 5.32 Å². The maximum atomic E-state index is 12.9. The summed E-state index contributed by atoms with van der Waals surface area (Å²) in [5, 5.41) is 23.8. The molecule has 0 aliphatic rings. The topological polar surface area (TPSA) is 124 Å². The summed E-state index contributed by atoms with van der Waals surface area (Å²) in [5.74, 6) is 0.116. The molecule has 0 aliphatic carbocycles. The second-order valence-electron chi connectivity index (χ2n) is 7.02. The minimum absolute atomic E-state index is 0.0497. The number of nitro groups is 1. The summed E-state index contributed by atoms with van der Waals surface area (Å²) in [6.45, 7) is 0.125. The van der Waals surface area contributed by atoms with E-state index in [0.29, 0.717) is 22.1 Å². The van der Waals surface area contributed by atoms with Gasteiger partial charge in [0.1, 0.15) is 24.0 Å². The molecule has 0 saturated carbocycles. The van der Waals surface area contributed by atoms with Crippen molar-refractivity contribution in [2.45, 2.75) is 6.61 Å². The summed E-state index contributed by atoms with van der Waals surface area (Å²) in [7, 11) is 2.83. The van der Waals surface area contributed by atoms with Gasteiger partial charge >= 0.3 is 0 Å². The number of halogens is 1. The highest BCUT2D eigenvalue weighted by Crippen LogP contribution is 2.34. The van der Waals surface area contributed by atoms with Crippen molar-refractivity contribution >= 4 is 35.0 Å². The number of nitrogens with zero attached hydrogens (tertiary/aromatic N) is 2. The zero-order valence-electron chi connectivity index (χ0n) is 18.8. The van der Waals surface area contributed by atoms with Gasteiger partial charge in [0.15, 0.2) is 11.5 Å². The zero-order chi connectivity index (χ0) is 25.4. The van der Waals surface area contributed by atoms with E-state index in [1.807, 2.05) is 18.2 Å². The Morgan fingerprint density at radius 1 is 1.11 bits per heavy atom. The van der Waals surface area contributed by atoms with Crippen molar-refractivity contribution in [1.82, 2.24) is 0 Å². The van der Waals surface area contributed by atoms with Gasteiger partial charge in [-0.3, -0.25) is 14.9 Å². The highest BCUT2D eigenvalue weighted by Gasteiger charge is 2.18. The van der Waals surface area contributed by atoms with Gasteiger partial charge in [0.05, 0.1) is 24.8 Å². The van der Waals surface area contributed by atoms with E-state index in [-0.39, 0.29) is 29.3 Å². The molecule has 1 amide bonds. The van der Waals surface area contributed by atoms with Crippen LogP contribution in [0.1, 0.15) is 11.1 Å². The lowest BCUT2D eigenvalue weighted by Crippen LogP contribution is -2.14. The normalized spacial score (nSPS) is 10.7. The lowest BCUT2D eigenvalue weighted by Gasteiger charge is -2.14. The van der Waals surface area contributed by atoms with Gasteiger partial charge in [0.25, 0.3) is 11.6 Å². The molecule has 35 heavy (non-hydrogen) atoms. The number of rotatable bonds is 9. The van der Waals surface area contributed by atoms with E-state index < -0.39 is 10.8 Å². The van der Waals surface area contributed by atoms with Gasteiger partial charge in [0, 0.05) is 28.3 Å². The van der Waals surface area contributed by atoms with Crippen LogP contribution in [0.4, 0.5) is 11.4 Å². The molecule has 10 heteroatoms. The molecule has 0 fully saturated rings. The maximum absolute atomic E-state index is 12.9. The summed E-state index contributed by atoms with van der Waals surface area (Å²) >= 11 is 6.21. The van der Waals surface area contributed by atoms with Crippen molar-refractivity contribution in [3.05, 3.63) is 92.5 Å². The van der Waals surface area contributed by atoms with Crippen LogP contribution in [0, 0.1) is 21.4 Å². The summed E-state index contributed by atoms with van der Waals surface area (Å²) in [4.78, 5) is 23.4. The van der Waals surface area contributed by atoms with Gasteiger partial charge < -0.3 is 19.5 Å². The summed E-state index contributed by atoms with van der Waals surface area (Å²) < 4.78 is 16.5. The van der Waals surface area contributed by atoms with Gasteiger partial charge in [-0.15, -0.1) is 0 Å². The minimum atomic E-state index is -0.786. The number of hydrogen-bond acceptors (Lipinski definition) is 7. The molecule has 0 spiro atoms. The monoisotopic (exact) mass is 493 g/mol. The first-order chi connectivity index (χ1) is 16.9. The second kappa shape index (κ2) is 11.5. The molecule has 0 unspecified atom stereocenters. The van der Waals surface area contributed by atoms with Crippen LogP contribution in [0.15, 0.2) is 66.2 Å². The predicted octanol–water partition coefficient (Wildman–Crippen LogP) is 5.39. The van der Waals surface area contributed by atoms with E-state index >= 15 is 0 Å². The molecule has 0 saturated heterocycles. The average molecular weight is 494 g/mol. The molecule has 0 radical (unpaired) electrons. The van der Waals surface area contributed by atoms with Crippen molar-refractivity contribution in [2.24, 2.45) is 0 Å². The summed E-state index contributed by atoms with van der Waals surface area (Å²) in [5.41, 5.74) is 0.690. The first kappa shape index (κ1) is 25.1. The first-order valence-electron chi connectivity index (χ1n) is 10.2. The van der Waals surface area contributed by atoms with Crippen LogP contribution in [-0.2, 0) is 11.4 Å². The lowest BCUT2D eigenvalue weighted by atomic mass is 10.1. The molecule has 3 rings (SSSR count). The van der Waals surface area contributed by atoms with Crippen LogP contribution in [0.3, 0.4) is 0 Å². The van der Waals surface area contributed by atoms with Crippen LogP contribution >= 0.6 is 11.6 Å². The lowest BCUT2D eigenvalue weighted by molar-refractivity contribution is -0.384. The summed E-state index contributed by atoms with van der Waals surface area (Å²) in [6.07, 6.45) is 1.34. The van der Waals surface area contributed by atoms with Gasteiger partial charge in [-0.25, -0.2) is 0 Å². The minimum Gasteiger partial charge on any atom is -0.495 e. The fourth-order valence-electron chi connectivity index (χ4n) is 3.13. The fraction of sp³-hybridized carbons (Fsp3) is 0.120.